The van der Waals surface area contributed by atoms with E-state index in [0.717, 1.165) is 9.47 Å². The number of alkyl halides is 22. The maximum atomic E-state index is 13.2. The van der Waals surface area contributed by atoms with E-state index in [4.69, 9.17) is 0 Å². The lowest BCUT2D eigenvalue weighted by Gasteiger charge is -2.40. The monoisotopic (exact) mass is 570 g/mol. The summed E-state index contributed by atoms with van der Waals surface area (Å²) in [6.07, 6.45) is -48.6. The molecular formula is C10F22O2. The second kappa shape index (κ2) is 7.94. The quantitative estimate of drug-likeness (QED) is 0.306. The Kier molecular flexibility index (Phi) is 7.57. The Morgan fingerprint density at radius 1 is 0.265 bits per heavy atom. The zero-order chi connectivity index (χ0) is 28.4. The van der Waals surface area contributed by atoms with Crippen LogP contribution in [0.1, 0.15) is 0 Å². The van der Waals surface area contributed by atoms with E-state index < -0.39 is 60.5 Å². The van der Waals surface area contributed by atoms with Crippen molar-refractivity contribution in [1.29, 1.82) is 0 Å². The van der Waals surface area contributed by atoms with Crippen molar-refractivity contribution >= 4 is 0 Å². The molecule has 0 amide bonds. The van der Waals surface area contributed by atoms with Gasteiger partial charge in [-0.15, -0.1) is 0 Å². The molecule has 0 aromatic rings. The molecule has 0 saturated heterocycles. The molecule has 34 heavy (non-hydrogen) atoms. The molecule has 0 aromatic heterocycles. The molecule has 2 nitrogen and oxygen atoms in total. The molecule has 0 heterocycles. The van der Waals surface area contributed by atoms with Crippen molar-refractivity contribution < 1.29 is 106 Å². The number of ether oxygens (including phenoxy) is 2. The van der Waals surface area contributed by atoms with Gasteiger partial charge in [0, 0.05) is 0 Å². The van der Waals surface area contributed by atoms with Gasteiger partial charge in [0.25, 0.3) is 0 Å². The fourth-order valence-electron chi connectivity index (χ4n) is 1.40. The average molecular weight is 570 g/mol. The summed E-state index contributed by atoms with van der Waals surface area (Å²) >= 11 is 0. The van der Waals surface area contributed by atoms with Gasteiger partial charge in [0.05, 0.1) is 0 Å². The van der Waals surface area contributed by atoms with Gasteiger partial charge in [0.2, 0.25) is 0 Å². The van der Waals surface area contributed by atoms with Crippen LogP contribution in [0.25, 0.3) is 0 Å². The summed E-state index contributed by atoms with van der Waals surface area (Å²) < 4.78 is 278. The topological polar surface area (TPSA) is 18.5 Å². The minimum Gasteiger partial charge on any atom is -0.262 e. The van der Waals surface area contributed by atoms with E-state index >= 15 is 0 Å². The van der Waals surface area contributed by atoms with E-state index in [1.807, 2.05) is 0 Å². The Labute approximate surface area is 168 Å². The number of rotatable bonds is 7. The van der Waals surface area contributed by atoms with Crippen molar-refractivity contribution in [2.24, 2.45) is 0 Å². The summed E-state index contributed by atoms with van der Waals surface area (Å²) in [6.45, 7) is 0. The highest BCUT2D eigenvalue weighted by atomic mass is 19.4. The second-order valence-corrected chi connectivity index (χ2v) is 5.57. The number of hydrogen-bond acceptors (Lipinski definition) is 2. The van der Waals surface area contributed by atoms with E-state index in [9.17, 15) is 96.6 Å². The van der Waals surface area contributed by atoms with Crippen molar-refractivity contribution in [2.75, 3.05) is 0 Å². The van der Waals surface area contributed by atoms with Gasteiger partial charge in [-0.05, 0) is 0 Å². The normalized spacial score (nSPS) is 16.8. The Morgan fingerprint density at radius 3 is 0.529 bits per heavy atom. The summed E-state index contributed by atoms with van der Waals surface area (Å²) in [5.41, 5.74) is 0. The highest BCUT2D eigenvalue weighted by Crippen LogP contribution is 2.60. The summed E-state index contributed by atoms with van der Waals surface area (Å²) in [4.78, 5) is 0. The van der Waals surface area contributed by atoms with Crippen LogP contribution in [0, 0.1) is 0 Å². The van der Waals surface area contributed by atoms with Crippen LogP contribution in [-0.4, -0.2) is 60.5 Å². The first-order valence-electron chi connectivity index (χ1n) is 6.72. The average Bonchev–Trinajstić information content (AvgIpc) is 2.48. The van der Waals surface area contributed by atoms with Crippen molar-refractivity contribution in [3.8, 4) is 0 Å². The van der Waals surface area contributed by atoms with E-state index in [1.54, 1.807) is 0 Å². The summed E-state index contributed by atoms with van der Waals surface area (Å²) in [5.74, 6) is -33.7. The van der Waals surface area contributed by atoms with Crippen LogP contribution in [0.2, 0.25) is 0 Å². The third-order valence-electron chi connectivity index (χ3n) is 3.12. The first-order valence-corrected chi connectivity index (χ1v) is 6.72. The lowest BCUT2D eigenvalue weighted by molar-refractivity contribution is -0.548. The molecule has 0 atom stereocenters. The van der Waals surface area contributed by atoms with Crippen LogP contribution in [0.4, 0.5) is 96.6 Å². The Bertz CT molecular complexity index is 630. The number of halogens is 22. The Balaban J connectivity index is 6.71. The molecule has 0 saturated carbocycles. The van der Waals surface area contributed by atoms with Crippen molar-refractivity contribution in [3.05, 3.63) is 0 Å². The molecule has 0 aliphatic carbocycles. The lowest BCUT2D eigenvalue weighted by Crippen LogP contribution is -2.70. The first kappa shape index (κ1) is 32.4. The highest BCUT2D eigenvalue weighted by Gasteiger charge is 2.89. The van der Waals surface area contributed by atoms with E-state index in [1.165, 1.54) is 0 Å². The van der Waals surface area contributed by atoms with Gasteiger partial charge in [-0.3, -0.25) is 9.47 Å². The highest BCUT2D eigenvalue weighted by molar-refractivity contribution is 5.01. The molecule has 0 bridgehead atoms. The molecule has 206 valence electrons. The minimum absolute atomic E-state index is 0.958. The van der Waals surface area contributed by atoms with Gasteiger partial charge in [0.15, 0.2) is 0 Å². The van der Waals surface area contributed by atoms with Gasteiger partial charge < -0.3 is 0 Å². The Morgan fingerprint density at radius 2 is 0.412 bits per heavy atom. The van der Waals surface area contributed by atoms with Crippen LogP contribution in [0.5, 0.6) is 0 Å². The van der Waals surface area contributed by atoms with Gasteiger partial charge in [-0.1, -0.05) is 0 Å². The second-order valence-electron chi connectivity index (χ2n) is 5.57. The van der Waals surface area contributed by atoms with Crippen molar-refractivity contribution in [2.45, 2.75) is 60.5 Å². The maximum absolute atomic E-state index is 13.2. The molecule has 0 fully saturated rings. The Hall–Kier alpha value is -1.62. The first-order chi connectivity index (χ1) is 14.2. The van der Waals surface area contributed by atoms with Gasteiger partial charge in [-0.25, -0.2) is 0 Å². The van der Waals surface area contributed by atoms with E-state index in [2.05, 4.69) is 0 Å². The molecule has 24 heteroatoms. The lowest BCUT2D eigenvalue weighted by atomic mass is 10.1. The van der Waals surface area contributed by atoms with Crippen molar-refractivity contribution in [3.63, 3.8) is 0 Å². The molecule has 0 aliphatic rings. The third kappa shape index (κ3) is 4.87. The maximum Gasteiger partial charge on any atom is 0.458 e. The summed E-state index contributed by atoms with van der Waals surface area (Å²) in [6, 6.07) is 0. The molecule has 0 aliphatic heterocycles. The fourth-order valence-corrected chi connectivity index (χ4v) is 1.40. The molecule has 0 spiro atoms. The minimum atomic E-state index is -8.77. The summed E-state index contributed by atoms with van der Waals surface area (Å²) in [7, 11) is 0. The molecule has 0 N–H and O–H groups in total. The smallest absolute Gasteiger partial charge is 0.262 e. The van der Waals surface area contributed by atoms with E-state index in [0.29, 0.717) is 0 Å². The summed E-state index contributed by atoms with van der Waals surface area (Å²) in [5, 5.41) is 0. The standard InChI is InChI=1S/C10F22O2/c11-1(12,9(29,30)33-3(15,5(17,18)19)6(20,21)22)2(13,14)10(31,32)34-4(16,7(23,24)25)8(26,27)28. The van der Waals surface area contributed by atoms with Crippen LogP contribution < -0.4 is 0 Å². The predicted molar refractivity (Wildman–Crippen MR) is 53.9 cm³/mol. The fraction of sp³-hybridized carbons (Fsp3) is 1.00. The van der Waals surface area contributed by atoms with E-state index in [-0.39, 0.29) is 0 Å². The molecule has 0 aromatic carbocycles. The van der Waals surface area contributed by atoms with Crippen molar-refractivity contribution in [1.82, 2.24) is 0 Å². The molecule has 0 radical (unpaired) electrons. The third-order valence-corrected chi connectivity index (χ3v) is 3.12. The van der Waals surface area contributed by atoms with Crippen LogP contribution in [-0.2, 0) is 9.47 Å². The van der Waals surface area contributed by atoms with Gasteiger partial charge in [0.1, 0.15) is 0 Å². The van der Waals surface area contributed by atoms with Crippen LogP contribution in [0.3, 0.4) is 0 Å². The largest absolute Gasteiger partial charge is 0.458 e. The van der Waals surface area contributed by atoms with Crippen LogP contribution in [0.15, 0.2) is 0 Å². The SMILES string of the molecule is FC(F)(F)C(F)(OC(F)(F)C(F)(F)C(F)(F)C(F)(F)OC(F)(C(F)(F)F)C(F)(F)F)C(F)(F)F. The van der Waals surface area contributed by atoms with Gasteiger partial charge >= 0.3 is 60.5 Å². The zero-order valence-electron chi connectivity index (χ0n) is 14.1. The predicted octanol–water partition coefficient (Wildman–Crippen LogP) is 7.06. The van der Waals surface area contributed by atoms with Gasteiger partial charge in [-0.2, -0.15) is 96.6 Å². The van der Waals surface area contributed by atoms with Crippen LogP contribution >= 0.6 is 0 Å². The number of hydrogen-bond donors (Lipinski definition) is 0. The molecular weight excluding hydrogens is 570 g/mol. The molecule has 0 unspecified atom stereocenters. The zero-order valence-corrected chi connectivity index (χ0v) is 14.1. The molecule has 0 rings (SSSR count).